The van der Waals surface area contributed by atoms with Crippen molar-refractivity contribution in [3.63, 3.8) is 0 Å². The average Bonchev–Trinajstić information content (AvgIpc) is 2.98. The second-order valence-electron chi connectivity index (χ2n) is 6.54. The molecule has 1 aromatic heterocycles. The maximum atomic E-state index is 12.6. The highest BCUT2D eigenvalue weighted by molar-refractivity contribution is 7.17. The first-order valence-electron chi connectivity index (χ1n) is 8.82. The number of esters is 1. The molecule has 0 unspecified atom stereocenters. The van der Waals surface area contributed by atoms with Crippen LogP contribution in [0.25, 0.3) is 0 Å². The van der Waals surface area contributed by atoms with E-state index in [1.54, 1.807) is 6.92 Å². The molecule has 0 fully saturated rings. The lowest BCUT2D eigenvalue weighted by Gasteiger charge is -2.18. The highest BCUT2D eigenvalue weighted by atomic mass is 35.5. The lowest BCUT2D eigenvalue weighted by molar-refractivity contribution is -0.115. The van der Waals surface area contributed by atoms with Crippen molar-refractivity contribution in [3.8, 4) is 0 Å². The van der Waals surface area contributed by atoms with Gasteiger partial charge in [-0.05, 0) is 43.2 Å². The van der Waals surface area contributed by atoms with Gasteiger partial charge >= 0.3 is 5.97 Å². The molecule has 26 heavy (non-hydrogen) atoms. The number of hydrogen-bond acceptors (Lipinski definition) is 4. The number of alkyl halides is 1. The number of rotatable bonds is 5. The first-order chi connectivity index (χ1) is 12.5. The summed E-state index contributed by atoms with van der Waals surface area (Å²) in [6.07, 6.45) is 2.79. The number of halogens is 1. The van der Waals surface area contributed by atoms with E-state index in [9.17, 15) is 9.59 Å². The quantitative estimate of drug-likeness (QED) is 0.578. The predicted molar refractivity (Wildman–Crippen MR) is 105 cm³/mol. The molecule has 3 rings (SSSR count). The van der Waals surface area contributed by atoms with Crippen molar-refractivity contribution in [2.45, 2.75) is 38.5 Å². The Hall–Kier alpha value is -1.85. The Labute approximate surface area is 162 Å². The van der Waals surface area contributed by atoms with Gasteiger partial charge in [0.1, 0.15) is 10.4 Å². The van der Waals surface area contributed by atoms with E-state index in [4.69, 9.17) is 16.3 Å². The SMILES string of the molecule is CCOC(=O)c1c(NC(=O)[C@@H](Cl)c2ccccc2)sc2c1CC[C@@H](C)C2. The standard InChI is InChI=1S/C20H22ClNO3S/c1-3-25-20(24)16-14-10-9-12(2)11-15(14)26-19(16)22-18(23)17(21)13-7-5-4-6-8-13/h4-8,12,17H,3,9-11H2,1-2H3,(H,22,23)/t12-,17+/m1/s1. The van der Waals surface area contributed by atoms with Gasteiger partial charge in [-0.2, -0.15) is 0 Å². The van der Waals surface area contributed by atoms with Crippen LogP contribution in [0.5, 0.6) is 0 Å². The first-order valence-corrected chi connectivity index (χ1v) is 10.1. The van der Waals surface area contributed by atoms with Gasteiger partial charge in [-0.25, -0.2) is 4.79 Å². The maximum Gasteiger partial charge on any atom is 0.341 e. The first kappa shape index (κ1) is 18.9. The van der Waals surface area contributed by atoms with Gasteiger partial charge in [0.25, 0.3) is 0 Å². The van der Waals surface area contributed by atoms with Crippen LogP contribution in [0.2, 0.25) is 0 Å². The van der Waals surface area contributed by atoms with Crippen molar-refractivity contribution < 1.29 is 14.3 Å². The number of thiophene rings is 1. The molecule has 1 aliphatic rings. The number of nitrogens with one attached hydrogen (secondary N) is 1. The Kier molecular flexibility index (Phi) is 5.99. The van der Waals surface area contributed by atoms with Gasteiger partial charge in [0.05, 0.1) is 12.2 Å². The van der Waals surface area contributed by atoms with Crippen LogP contribution in [0.1, 0.15) is 52.0 Å². The fraction of sp³-hybridized carbons (Fsp3) is 0.400. The Bertz CT molecular complexity index is 803. The zero-order chi connectivity index (χ0) is 18.7. The van der Waals surface area contributed by atoms with E-state index in [1.807, 2.05) is 30.3 Å². The summed E-state index contributed by atoms with van der Waals surface area (Å²) >= 11 is 7.80. The predicted octanol–water partition coefficient (Wildman–Crippen LogP) is 4.97. The van der Waals surface area contributed by atoms with Gasteiger partial charge < -0.3 is 10.1 Å². The molecule has 1 amide bonds. The van der Waals surface area contributed by atoms with Gasteiger partial charge in [-0.3, -0.25) is 4.79 Å². The minimum absolute atomic E-state index is 0.301. The summed E-state index contributed by atoms with van der Waals surface area (Å²) in [5, 5.41) is 2.60. The summed E-state index contributed by atoms with van der Waals surface area (Å²) in [4.78, 5) is 26.3. The number of fused-ring (bicyclic) bond motifs is 1. The molecule has 0 aliphatic heterocycles. The minimum atomic E-state index is -0.815. The Morgan fingerprint density at radius 2 is 2.08 bits per heavy atom. The van der Waals surface area contributed by atoms with E-state index in [-0.39, 0.29) is 11.9 Å². The molecule has 0 saturated carbocycles. The summed E-state index contributed by atoms with van der Waals surface area (Å²) in [7, 11) is 0. The average molecular weight is 392 g/mol. The zero-order valence-corrected chi connectivity index (χ0v) is 16.5. The second kappa shape index (κ2) is 8.23. The zero-order valence-electron chi connectivity index (χ0n) is 14.9. The molecule has 4 nitrogen and oxygen atoms in total. The third-order valence-corrected chi connectivity index (χ3v) is 6.17. The molecule has 0 saturated heterocycles. The van der Waals surface area contributed by atoms with Crippen LogP contribution < -0.4 is 5.32 Å². The number of carbonyl (C=O) groups excluding carboxylic acids is 2. The lowest BCUT2D eigenvalue weighted by Crippen LogP contribution is -2.19. The molecular weight excluding hydrogens is 370 g/mol. The van der Waals surface area contributed by atoms with Gasteiger partial charge in [0.15, 0.2) is 0 Å². The minimum Gasteiger partial charge on any atom is -0.462 e. The highest BCUT2D eigenvalue weighted by Crippen LogP contribution is 2.40. The highest BCUT2D eigenvalue weighted by Gasteiger charge is 2.30. The van der Waals surface area contributed by atoms with Crippen molar-refractivity contribution in [1.82, 2.24) is 0 Å². The molecule has 138 valence electrons. The Morgan fingerprint density at radius 3 is 2.77 bits per heavy atom. The van der Waals surface area contributed by atoms with E-state index >= 15 is 0 Å². The lowest BCUT2D eigenvalue weighted by atomic mass is 9.88. The summed E-state index contributed by atoms with van der Waals surface area (Å²) in [5.74, 6) is -0.138. The molecule has 1 aliphatic carbocycles. The van der Waals surface area contributed by atoms with Crippen LogP contribution in [-0.2, 0) is 22.4 Å². The topological polar surface area (TPSA) is 55.4 Å². The van der Waals surface area contributed by atoms with Crippen LogP contribution in [-0.4, -0.2) is 18.5 Å². The monoisotopic (exact) mass is 391 g/mol. The van der Waals surface area contributed by atoms with E-state index < -0.39 is 5.38 Å². The van der Waals surface area contributed by atoms with E-state index in [0.29, 0.717) is 23.1 Å². The van der Waals surface area contributed by atoms with Crippen LogP contribution >= 0.6 is 22.9 Å². The summed E-state index contributed by atoms with van der Waals surface area (Å²) < 4.78 is 5.23. The van der Waals surface area contributed by atoms with Crippen LogP contribution in [0.15, 0.2) is 30.3 Å². The second-order valence-corrected chi connectivity index (χ2v) is 8.08. The third-order valence-electron chi connectivity index (χ3n) is 4.55. The van der Waals surface area contributed by atoms with Gasteiger partial charge in [0.2, 0.25) is 5.91 Å². The Morgan fingerprint density at radius 1 is 1.35 bits per heavy atom. The van der Waals surface area contributed by atoms with Crippen LogP contribution in [0.4, 0.5) is 5.00 Å². The molecule has 2 aromatic rings. The smallest absolute Gasteiger partial charge is 0.341 e. The number of hydrogen-bond donors (Lipinski definition) is 1. The molecular formula is C20H22ClNO3S. The number of benzene rings is 1. The molecule has 0 bridgehead atoms. The van der Waals surface area contributed by atoms with E-state index in [2.05, 4.69) is 12.2 Å². The maximum absolute atomic E-state index is 12.6. The number of carbonyl (C=O) groups is 2. The normalized spacial score (nSPS) is 17.3. The largest absolute Gasteiger partial charge is 0.462 e. The van der Waals surface area contributed by atoms with Crippen molar-refractivity contribution in [2.24, 2.45) is 5.92 Å². The van der Waals surface area contributed by atoms with Crippen molar-refractivity contribution >= 4 is 39.8 Å². The summed E-state index contributed by atoms with van der Waals surface area (Å²) in [5.41, 5.74) is 2.25. The molecule has 0 spiro atoms. The number of amides is 1. The van der Waals surface area contributed by atoms with Crippen LogP contribution in [0.3, 0.4) is 0 Å². The van der Waals surface area contributed by atoms with Gasteiger partial charge in [-0.1, -0.05) is 37.3 Å². The summed E-state index contributed by atoms with van der Waals surface area (Å²) in [6.45, 7) is 4.28. The Balaban J connectivity index is 1.89. The molecule has 1 N–H and O–H groups in total. The molecule has 1 aromatic carbocycles. The summed E-state index contributed by atoms with van der Waals surface area (Å²) in [6, 6.07) is 9.17. The number of ether oxygens (including phenoxy) is 1. The van der Waals surface area contributed by atoms with Crippen LogP contribution in [0, 0.1) is 5.92 Å². The number of anilines is 1. The fourth-order valence-electron chi connectivity index (χ4n) is 3.21. The molecule has 0 radical (unpaired) electrons. The molecule has 2 atom stereocenters. The van der Waals surface area contributed by atoms with Crippen molar-refractivity contribution in [1.29, 1.82) is 0 Å². The van der Waals surface area contributed by atoms with Gasteiger partial charge in [-0.15, -0.1) is 22.9 Å². The van der Waals surface area contributed by atoms with E-state index in [1.165, 1.54) is 11.3 Å². The molecule has 1 heterocycles. The van der Waals surface area contributed by atoms with Gasteiger partial charge in [0, 0.05) is 4.88 Å². The third kappa shape index (κ3) is 3.94. The molecule has 6 heteroatoms. The van der Waals surface area contributed by atoms with E-state index in [0.717, 1.165) is 35.3 Å². The fourth-order valence-corrected chi connectivity index (χ4v) is 4.81. The van der Waals surface area contributed by atoms with Crippen molar-refractivity contribution in [2.75, 3.05) is 11.9 Å². The van der Waals surface area contributed by atoms with Crippen molar-refractivity contribution in [3.05, 3.63) is 51.9 Å².